The number of nitrogens with one attached hydrogen (secondary N) is 1. The second-order valence-corrected chi connectivity index (χ2v) is 6.52. The zero-order valence-corrected chi connectivity index (χ0v) is 15.5. The molecule has 0 saturated carbocycles. The van der Waals surface area contributed by atoms with Crippen LogP contribution in [-0.4, -0.2) is 57.3 Å². The molecule has 2 heterocycles. The van der Waals surface area contributed by atoms with Gasteiger partial charge in [0.15, 0.2) is 17.5 Å². The number of aliphatic imine (C=N–C) groups is 1. The number of nitrogens with zero attached hydrogens (tertiary/aromatic N) is 2. The predicted molar refractivity (Wildman–Crippen MR) is 98.6 cm³/mol. The number of carbonyl (C=O) groups excluding carboxylic acids is 1. The van der Waals surface area contributed by atoms with E-state index < -0.39 is 0 Å². The Bertz CT molecular complexity index is 654. The van der Waals surface area contributed by atoms with Gasteiger partial charge in [0.25, 0.3) is 0 Å². The molecule has 0 aromatic heterocycles. The maximum atomic E-state index is 11.7. The van der Waals surface area contributed by atoms with Crippen molar-refractivity contribution in [3.63, 3.8) is 0 Å². The zero-order valence-electron chi connectivity index (χ0n) is 15.5. The van der Waals surface area contributed by atoms with Crippen LogP contribution in [0.1, 0.15) is 24.8 Å². The summed E-state index contributed by atoms with van der Waals surface area (Å²) in [5.74, 6) is 2.34. The van der Waals surface area contributed by atoms with Gasteiger partial charge in [-0.2, -0.15) is 0 Å². The number of rotatable bonds is 3. The minimum Gasteiger partial charge on any atom is -0.490 e. The third-order valence-electron chi connectivity index (χ3n) is 4.80. The highest BCUT2D eigenvalue weighted by molar-refractivity contribution is 5.80. The standard InChI is InChI=1S/C19H27N3O4/c1-20-19(22-8-6-15(7-9-22)18(23)24-2)21-13-14-4-5-16-17(12-14)26-11-3-10-25-16/h4-5,12,15H,3,6-11,13H2,1-2H3,(H,20,21). The van der Waals surface area contributed by atoms with Crippen molar-refractivity contribution in [2.75, 3.05) is 40.5 Å². The zero-order chi connectivity index (χ0) is 18.4. The van der Waals surface area contributed by atoms with Crippen LogP contribution in [0, 0.1) is 5.92 Å². The maximum absolute atomic E-state index is 11.7. The number of piperidine rings is 1. The molecule has 7 nitrogen and oxygen atoms in total. The number of ether oxygens (including phenoxy) is 3. The molecule has 142 valence electrons. The van der Waals surface area contributed by atoms with E-state index in [-0.39, 0.29) is 11.9 Å². The number of hydrogen-bond acceptors (Lipinski definition) is 5. The predicted octanol–water partition coefficient (Wildman–Crippen LogP) is 1.81. The molecule has 0 unspecified atom stereocenters. The van der Waals surface area contributed by atoms with Crippen molar-refractivity contribution in [3.05, 3.63) is 23.8 Å². The van der Waals surface area contributed by atoms with Gasteiger partial charge in [-0.05, 0) is 30.5 Å². The van der Waals surface area contributed by atoms with Gasteiger partial charge in [0.2, 0.25) is 0 Å². The van der Waals surface area contributed by atoms with Crippen LogP contribution in [0.4, 0.5) is 0 Å². The fourth-order valence-corrected chi connectivity index (χ4v) is 3.32. The van der Waals surface area contributed by atoms with Crippen molar-refractivity contribution < 1.29 is 19.0 Å². The highest BCUT2D eigenvalue weighted by Gasteiger charge is 2.26. The highest BCUT2D eigenvalue weighted by Crippen LogP contribution is 2.30. The van der Waals surface area contributed by atoms with Gasteiger partial charge in [0, 0.05) is 33.1 Å². The molecule has 0 bridgehead atoms. The molecule has 7 heteroatoms. The van der Waals surface area contributed by atoms with E-state index in [9.17, 15) is 4.79 Å². The molecule has 1 N–H and O–H groups in total. The number of methoxy groups -OCH3 is 1. The van der Waals surface area contributed by atoms with Gasteiger partial charge in [-0.3, -0.25) is 9.79 Å². The first-order valence-electron chi connectivity index (χ1n) is 9.13. The van der Waals surface area contributed by atoms with E-state index >= 15 is 0 Å². The van der Waals surface area contributed by atoms with Crippen molar-refractivity contribution >= 4 is 11.9 Å². The van der Waals surface area contributed by atoms with E-state index in [1.54, 1.807) is 7.05 Å². The van der Waals surface area contributed by atoms with E-state index in [1.165, 1.54) is 7.11 Å². The van der Waals surface area contributed by atoms with Crippen molar-refractivity contribution in [3.8, 4) is 11.5 Å². The van der Waals surface area contributed by atoms with Crippen molar-refractivity contribution in [2.24, 2.45) is 10.9 Å². The monoisotopic (exact) mass is 361 g/mol. The molecule has 1 aromatic rings. The molecule has 0 spiro atoms. The van der Waals surface area contributed by atoms with Crippen LogP contribution in [0.25, 0.3) is 0 Å². The number of esters is 1. The van der Waals surface area contributed by atoms with Gasteiger partial charge in [-0.25, -0.2) is 0 Å². The molecule has 2 aliphatic rings. The number of guanidine groups is 1. The summed E-state index contributed by atoms with van der Waals surface area (Å²) in [4.78, 5) is 18.2. The summed E-state index contributed by atoms with van der Waals surface area (Å²) >= 11 is 0. The Morgan fingerprint density at radius 3 is 2.69 bits per heavy atom. The highest BCUT2D eigenvalue weighted by atomic mass is 16.5. The number of benzene rings is 1. The fraction of sp³-hybridized carbons (Fsp3) is 0.579. The first-order chi connectivity index (χ1) is 12.7. The molecular weight excluding hydrogens is 334 g/mol. The lowest BCUT2D eigenvalue weighted by Gasteiger charge is -2.33. The average molecular weight is 361 g/mol. The molecule has 3 rings (SSSR count). The largest absolute Gasteiger partial charge is 0.490 e. The summed E-state index contributed by atoms with van der Waals surface area (Å²) in [7, 11) is 3.23. The van der Waals surface area contributed by atoms with Crippen molar-refractivity contribution in [2.45, 2.75) is 25.8 Å². The molecule has 0 amide bonds. The van der Waals surface area contributed by atoms with Crippen LogP contribution >= 0.6 is 0 Å². The summed E-state index contributed by atoms with van der Waals surface area (Å²) in [6.07, 6.45) is 2.48. The lowest BCUT2D eigenvalue weighted by atomic mass is 9.97. The fourth-order valence-electron chi connectivity index (χ4n) is 3.32. The Morgan fingerprint density at radius 1 is 1.27 bits per heavy atom. The average Bonchev–Trinajstić information content (AvgIpc) is 2.93. The third kappa shape index (κ3) is 4.39. The van der Waals surface area contributed by atoms with Gasteiger partial charge in [0.1, 0.15) is 0 Å². The smallest absolute Gasteiger partial charge is 0.308 e. The molecular formula is C19H27N3O4. The second kappa shape index (κ2) is 8.78. The molecule has 0 atom stereocenters. The van der Waals surface area contributed by atoms with E-state index in [0.717, 1.165) is 55.4 Å². The van der Waals surface area contributed by atoms with E-state index in [4.69, 9.17) is 14.2 Å². The third-order valence-corrected chi connectivity index (χ3v) is 4.80. The van der Waals surface area contributed by atoms with Gasteiger partial charge in [0.05, 0.1) is 26.2 Å². The molecule has 0 radical (unpaired) electrons. The van der Waals surface area contributed by atoms with Crippen LogP contribution < -0.4 is 14.8 Å². The number of likely N-dealkylation sites (tertiary alicyclic amines) is 1. The Labute approximate surface area is 154 Å². The Balaban J connectivity index is 1.55. The minimum absolute atomic E-state index is 0.00362. The molecule has 2 aliphatic heterocycles. The Kier molecular flexibility index (Phi) is 6.20. The topological polar surface area (TPSA) is 72.4 Å². The van der Waals surface area contributed by atoms with Gasteiger partial charge < -0.3 is 24.4 Å². The van der Waals surface area contributed by atoms with Gasteiger partial charge in [-0.1, -0.05) is 6.07 Å². The van der Waals surface area contributed by atoms with Crippen LogP contribution in [0.2, 0.25) is 0 Å². The summed E-state index contributed by atoms with van der Waals surface area (Å²) in [5.41, 5.74) is 1.11. The SMILES string of the molecule is CN=C(NCc1ccc2c(c1)OCCCO2)N1CCC(C(=O)OC)CC1. The van der Waals surface area contributed by atoms with Gasteiger partial charge in [-0.15, -0.1) is 0 Å². The Hall–Kier alpha value is -2.44. The number of carbonyl (C=O) groups is 1. The first kappa shape index (κ1) is 18.4. The maximum Gasteiger partial charge on any atom is 0.308 e. The van der Waals surface area contributed by atoms with Crippen LogP contribution in [0.5, 0.6) is 11.5 Å². The van der Waals surface area contributed by atoms with Crippen molar-refractivity contribution in [1.82, 2.24) is 10.2 Å². The molecule has 26 heavy (non-hydrogen) atoms. The normalized spacial score (nSPS) is 18.2. The Morgan fingerprint density at radius 2 is 2.00 bits per heavy atom. The molecule has 1 fully saturated rings. The summed E-state index contributed by atoms with van der Waals surface area (Å²) in [5, 5.41) is 3.40. The van der Waals surface area contributed by atoms with Crippen LogP contribution in [0.15, 0.2) is 23.2 Å². The summed E-state index contributed by atoms with van der Waals surface area (Å²) in [6, 6.07) is 6.02. The summed E-state index contributed by atoms with van der Waals surface area (Å²) < 4.78 is 16.3. The number of fused-ring (bicyclic) bond motifs is 1. The van der Waals surface area contributed by atoms with E-state index in [2.05, 4.69) is 15.2 Å². The lowest BCUT2D eigenvalue weighted by Crippen LogP contribution is -2.46. The van der Waals surface area contributed by atoms with Gasteiger partial charge >= 0.3 is 5.97 Å². The minimum atomic E-state index is -0.111. The molecule has 1 saturated heterocycles. The molecule has 1 aromatic carbocycles. The van der Waals surface area contributed by atoms with E-state index in [1.807, 2.05) is 18.2 Å². The lowest BCUT2D eigenvalue weighted by molar-refractivity contribution is -0.146. The number of hydrogen-bond donors (Lipinski definition) is 1. The van der Waals surface area contributed by atoms with Crippen LogP contribution in [-0.2, 0) is 16.1 Å². The second-order valence-electron chi connectivity index (χ2n) is 6.52. The van der Waals surface area contributed by atoms with E-state index in [0.29, 0.717) is 19.8 Å². The first-order valence-corrected chi connectivity index (χ1v) is 9.13. The van der Waals surface area contributed by atoms with Crippen molar-refractivity contribution in [1.29, 1.82) is 0 Å². The van der Waals surface area contributed by atoms with Crippen LogP contribution in [0.3, 0.4) is 0 Å². The quantitative estimate of drug-likeness (QED) is 0.503. The summed E-state index contributed by atoms with van der Waals surface area (Å²) in [6.45, 7) is 3.61. The molecule has 0 aliphatic carbocycles.